The van der Waals surface area contributed by atoms with E-state index in [1.165, 1.54) is 31.1 Å². The molecule has 0 fully saturated rings. The Morgan fingerprint density at radius 3 is 2.12 bits per heavy atom. The Morgan fingerprint density at radius 2 is 1.62 bits per heavy atom. The van der Waals surface area contributed by atoms with E-state index < -0.39 is 24.5 Å². The molecule has 0 spiro atoms. The maximum absolute atomic E-state index is 12.5. The molecule has 5 amide bonds. The summed E-state index contributed by atoms with van der Waals surface area (Å²) >= 11 is 0. The second-order valence-corrected chi connectivity index (χ2v) is 5.06. The van der Waals surface area contributed by atoms with Crippen LogP contribution < -0.4 is 0 Å². The van der Waals surface area contributed by atoms with Crippen LogP contribution >= 0.6 is 0 Å². The number of rotatable bonds is 5. The Balaban J connectivity index is 2.97. The van der Waals surface area contributed by atoms with Gasteiger partial charge in [-0.2, -0.15) is 0 Å². The third kappa shape index (κ3) is 5.05. The maximum Gasteiger partial charge on any atom is 0.335 e. The Bertz CT molecular complexity index is 626. The van der Waals surface area contributed by atoms with Gasteiger partial charge in [0.15, 0.2) is 0 Å². The van der Waals surface area contributed by atoms with Crippen LogP contribution in [0.4, 0.5) is 9.59 Å². The van der Waals surface area contributed by atoms with Crippen LogP contribution in [0.15, 0.2) is 36.4 Å². The molecule has 0 unspecified atom stereocenters. The molecule has 0 bridgehead atoms. The van der Waals surface area contributed by atoms with E-state index in [1.807, 2.05) is 18.2 Å². The molecule has 0 aliphatic heterocycles. The third-order valence-corrected chi connectivity index (χ3v) is 3.13. The predicted molar refractivity (Wildman–Crippen MR) is 90.1 cm³/mol. The summed E-state index contributed by atoms with van der Waals surface area (Å²) in [6.45, 7) is 1.28. The largest absolute Gasteiger partial charge is 0.335 e. The van der Waals surface area contributed by atoms with Gasteiger partial charge in [0.05, 0.1) is 6.54 Å². The number of aldehydes is 1. The highest BCUT2D eigenvalue weighted by atomic mass is 16.2. The molecule has 7 heteroatoms. The highest BCUT2D eigenvalue weighted by molar-refractivity contribution is 6.07. The van der Waals surface area contributed by atoms with Gasteiger partial charge in [-0.15, -0.1) is 0 Å². The van der Waals surface area contributed by atoms with Crippen LogP contribution in [-0.2, 0) is 9.59 Å². The number of hydrogen-bond donors (Lipinski definition) is 0. The van der Waals surface area contributed by atoms with Gasteiger partial charge in [-0.1, -0.05) is 30.3 Å². The van der Waals surface area contributed by atoms with Gasteiger partial charge in [0.2, 0.25) is 0 Å². The first-order valence-electron chi connectivity index (χ1n) is 7.43. The summed E-state index contributed by atoms with van der Waals surface area (Å²) in [6, 6.07) is 7.67. The standard InChI is InChI=1S/C17H21N3O4/c1-4-19(16(23)18(2)3)17(24)20(12-13-21)15(22)11-10-14-8-6-5-7-9-14/h5-11,13H,4,12H2,1-3H3. The topological polar surface area (TPSA) is 78.0 Å². The summed E-state index contributed by atoms with van der Waals surface area (Å²) in [5.41, 5.74) is 0.779. The minimum absolute atomic E-state index is 0.0842. The van der Waals surface area contributed by atoms with Gasteiger partial charge < -0.3 is 9.69 Å². The van der Waals surface area contributed by atoms with Crippen molar-refractivity contribution in [1.82, 2.24) is 14.7 Å². The molecule has 0 radical (unpaired) electrons. The highest BCUT2D eigenvalue weighted by Gasteiger charge is 2.29. The van der Waals surface area contributed by atoms with Crippen molar-refractivity contribution >= 4 is 30.3 Å². The van der Waals surface area contributed by atoms with Crippen molar-refractivity contribution in [2.75, 3.05) is 27.2 Å². The van der Waals surface area contributed by atoms with Gasteiger partial charge in [0.25, 0.3) is 5.91 Å². The molecule has 1 rings (SSSR count). The van der Waals surface area contributed by atoms with Crippen LogP contribution in [-0.4, -0.2) is 66.1 Å². The summed E-state index contributed by atoms with van der Waals surface area (Å²) in [6.07, 6.45) is 3.18. The lowest BCUT2D eigenvalue weighted by Gasteiger charge is -2.27. The van der Waals surface area contributed by atoms with E-state index in [1.54, 1.807) is 19.1 Å². The Hall–Kier alpha value is -2.96. The molecule has 0 heterocycles. The molecule has 0 atom stereocenters. The van der Waals surface area contributed by atoms with Crippen molar-refractivity contribution in [3.05, 3.63) is 42.0 Å². The number of imide groups is 2. The van der Waals surface area contributed by atoms with Crippen molar-refractivity contribution in [3.8, 4) is 0 Å². The Morgan fingerprint density at radius 1 is 1.00 bits per heavy atom. The first kappa shape index (κ1) is 19.1. The zero-order valence-electron chi connectivity index (χ0n) is 14.0. The van der Waals surface area contributed by atoms with Crippen molar-refractivity contribution < 1.29 is 19.2 Å². The minimum Gasteiger partial charge on any atom is -0.330 e. The average molecular weight is 331 g/mol. The SMILES string of the molecule is CCN(C(=O)N(C)C)C(=O)N(CC=O)C(=O)C=Cc1ccccc1. The fourth-order valence-electron chi connectivity index (χ4n) is 1.90. The summed E-state index contributed by atoms with van der Waals surface area (Å²) in [4.78, 5) is 50.4. The molecule has 24 heavy (non-hydrogen) atoms. The Labute approximate surface area is 141 Å². The molecule has 0 saturated carbocycles. The van der Waals surface area contributed by atoms with E-state index in [2.05, 4.69) is 0 Å². The number of carbonyl (C=O) groups is 4. The van der Waals surface area contributed by atoms with Crippen LogP contribution in [0.1, 0.15) is 12.5 Å². The quantitative estimate of drug-likeness (QED) is 0.609. The number of urea groups is 2. The van der Waals surface area contributed by atoms with Gasteiger partial charge in [0, 0.05) is 26.7 Å². The Kier molecular flexibility index (Phi) is 7.35. The van der Waals surface area contributed by atoms with Gasteiger partial charge in [-0.25, -0.2) is 14.5 Å². The summed E-state index contributed by atoms with van der Waals surface area (Å²) in [5, 5.41) is 0. The average Bonchev–Trinajstić information content (AvgIpc) is 2.58. The molecular formula is C17H21N3O4. The number of carbonyl (C=O) groups excluding carboxylic acids is 4. The van der Waals surface area contributed by atoms with E-state index >= 15 is 0 Å². The summed E-state index contributed by atoms with van der Waals surface area (Å²) < 4.78 is 0. The molecule has 0 aliphatic carbocycles. The summed E-state index contributed by atoms with van der Waals surface area (Å²) in [7, 11) is 3.00. The van der Waals surface area contributed by atoms with Crippen LogP contribution in [0.3, 0.4) is 0 Å². The van der Waals surface area contributed by atoms with E-state index in [9.17, 15) is 19.2 Å². The smallest absolute Gasteiger partial charge is 0.330 e. The zero-order chi connectivity index (χ0) is 18.1. The molecule has 0 saturated heterocycles. The van der Waals surface area contributed by atoms with E-state index in [-0.39, 0.29) is 6.54 Å². The van der Waals surface area contributed by atoms with Gasteiger partial charge >= 0.3 is 12.1 Å². The highest BCUT2D eigenvalue weighted by Crippen LogP contribution is 2.06. The lowest BCUT2D eigenvalue weighted by atomic mass is 10.2. The molecular weight excluding hydrogens is 310 g/mol. The zero-order valence-corrected chi connectivity index (χ0v) is 14.0. The van der Waals surface area contributed by atoms with Gasteiger partial charge in [-0.3, -0.25) is 9.69 Å². The van der Waals surface area contributed by atoms with Crippen LogP contribution in [0.25, 0.3) is 6.08 Å². The lowest BCUT2D eigenvalue weighted by Crippen LogP contribution is -2.51. The second-order valence-electron chi connectivity index (χ2n) is 5.06. The van der Waals surface area contributed by atoms with Crippen molar-refractivity contribution in [1.29, 1.82) is 0 Å². The molecule has 1 aromatic carbocycles. The first-order valence-corrected chi connectivity index (χ1v) is 7.43. The van der Waals surface area contributed by atoms with E-state index in [0.29, 0.717) is 6.29 Å². The minimum atomic E-state index is -0.828. The second kappa shape index (κ2) is 9.24. The van der Waals surface area contributed by atoms with Crippen molar-refractivity contribution in [2.45, 2.75) is 6.92 Å². The van der Waals surface area contributed by atoms with Crippen LogP contribution in [0.2, 0.25) is 0 Å². The number of hydrogen-bond acceptors (Lipinski definition) is 4. The predicted octanol–water partition coefficient (Wildman–Crippen LogP) is 1.85. The van der Waals surface area contributed by atoms with Crippen LogP contribution in [0.5, 0.6) is 0 Å². The van der Waals surface area contributed by atoms with Crippen LogP contribution in [0, 0.1) is 0 Å². The van der Waals surface area contributed by atoms with Crippen molar-refractivity contribution in [2.24, 2.45) is 0 Å². The van der Waals surface area contributed by atoms with Crippen molar-refractivity contribution in [3.63, 3.8) is 0 Å². The summed E-state index contributed by atoms with van der Waals surface area (Å²) in [5.74, 6) is -0.666. The normalized spacial score (nSPS) is 10.3. The molecule has 0 aromatic heterocycles. The first-order chi connectivity index (χ1) is 11.4. The fraction of sp³-hybridized carbons (Fsp3) is 0.294. The van der Waals surface area contributed by atoms with Gasteiger partial charge in [-0.05, 0) is 18.6 Å². The molecule has 7 nitrogen and oxygen atoms in total. The number of amides is 5. The van der Waals surface area contributed by atoms with E-state index in [0.717, 1.165) is 15.4 Å². The monoisotopic (exact) mass is 331 g/mol. The maximum atomic E-state index is 12.5. The third-order valence-electron chi connectivity index (χ3n) is 3.13. The molecule has 0 N–H and O–H groups in total. The van der Waals surface area contributed by atoms with Gasteiger partial charge in [0.1, 0.15) is 6.29 Å². The van der Waals surface area contributed by atoms with E-state index in [4.69, 9.17) is 0 Å². The number of benzene rings is 1. The molecule has 128 valence electrons. The number of nitrogens with zero attached hydrogens (tertiary/aromatic N) is 3. The fourth-order valence-corrected chi connectivity index (χ4v) is 1.90. The molecule has 0 aliphatic rings. The molecule has 1 aromatic rings. The lowest BCUT2D eigenvalue weighted by molar-refractivity contribution is -0.125.